The van der Waals surface area contributed by atoms with E-state index in [2.05, 4.69) is 9.97 Å². The van der Waals surface area contributed by atoms with E-state index in [-0.39, 0.29) is 11.5 Å². The number of nitrogens with zero attached hydrogens (tertiary/aromatic N) is 4. The highest BCUT2D eigenvalue weighted by atomic mass is 16.6. The lowest BCUT2D eigenvalue weighted by Crippen LogP contribution is -2.25. The average molecular weight is 279 g/mol. The Morgan fingerprint density at radius 2 is 2.20 bits per heavy atom. The average Bonchev–Trinajstić information content (AvgIpc) is 2.84. The normalized spacial score (nSPS) is 10.7. The van der Waals surface area contributed by atoms with Gasteiger partial charge in [0.05, 0.1) is 12.9 Å². The molecule has 0 bridgehead atoms. The van der Waals surface area contributed by atoms with Gasteiger partial charge in [0.15, 0.2) is 16.7 Å². The Hall–Kier alpha value is -2.38. The minimum Gasteiger partial charge on any atom is -0.466 e. The Balaban J connectivity index is 2.10. The third-order valence-corrected chi connectivity index (χ3v) is 2.82. The summed E-state index contributed by atoms with van der Waals surface area (Å²) in [6.45, 7) is 2.78. The van der Waals surface area contributed by atoms with Crippen LogP contribution in [0.25, 0.3) is 11.2 Å². The van der Waals surface area contributed by atoms with Crippen molar-refractivity contribution in [2.75, 3.05) is 13.7 Å². The van der Waals surface area contributed by atoms with Crippen molar-refractivity contribution in [2.45, 2.75) is 26.3 Å². The van der Waals surface area contributed by atoms with E-state index < -0.39 is 0 Å². The third kappa shape index (κ3) is 2.79. The van der Waals surface area contributed by atoms with Crippen LogP contribution in [-0.4, -0.2) is 39.0 Å². The first-order valence-corrected chi connectivity index (χ1v) is 6.34. The first-order valence-electron chi connectivity index (χ1n) is 6.34. The summed E-state index contributed by atoms with van der Waals surface area (Å²) in [5.41, 5.74) is 1.21. The number of ether oxygens (including phenoxy) is 1. The van der Waals surface area contributed by atoms with Gasteiger partial charge in [-0.3, -0.25) is 10.2 Å². The van der Waals surface area contributed by atoms with Crippen molar-refractivity contribution in [1.82, 2.24) is 19.3 Å². The second kappa shape index (κ2) is 6.18. The zero-order valence-corrected chi connectivity index (χ0v) is 11.5. The molecule has 2 heterocycles. The van der Waals surface area contributed by atoms with Crippen molar-refractivity contribution in [3.8, 4) is 0 Å². The summed E-state index contributed by atoms with van der Waals surface area (Å²) >= 11 is 0. The fourth-order valence-corrected chi connectivity index (χ4v) is 1.88. The van der Waals surface area contributed by atoms with E-state index in [9.17, 15) is 4.79 Å². The minimum atomic E-state index is -0.205. The van der Waals surface area contributed by atoms with Gasteiger partial charge in [-0.05, 0) is 13.3 Å². The molecule has 2 aromatic rings. The second-order valence-electron chi connectivity index (χ2n) is 4.12. The highest BCUT2D eigenvalue weighted by Crippen LogP contribution is 2.06. The first kappa shape index (κ1) is 14.0. The summed E-state index contributed by atoms with van der Waals surface area (Å²) in [5, 5.41) is 7.90. The molecule has 0 atom stereocenters. The molecule has 0 radical (unpaired) electrons. The molecule has 2 aromatic heterocycles. The maximum atomic E-state index is 11.3. The minimum absolute atomic E-state index is 0.140. The number of fused-ring (bicyclic) bond motifs is 1. The number of hydrogen-bond donors (Lipinski definition) is 1. The predicted octanol–water partition coefficient (Wildman–Crippen LogP) is 0.114. The van der Waals surface area contributed by atoms with Gasteiger partial charge in [-0.1, -0.05) is 0 Å². The van der Waals surface area contributed by atoms with Crippen LogP contribution in [0.5, 0.6) is 0 Å². The molecule has 0 aliphatic rings. The van der Waals surface area contributed by atoms with Gasteiger partial charge in [0.25, 0.3) is 0 Å². The van der Waals surface area contributed by atoms with Gasteiger partial charge in [-0.2, -0.15) is 4.73 Å². The molecular weight excluding hydrogens is 262 g/mol. The molecule has 0 spiro atoms. The summed E-state index contributed by atoms with van der Waals surface area (Å²) < 4.78 is 7.92. The van der Waals surface area contributed by atoms with Crippen LogP contribution >= 0.6 is 0 Å². The first-order chi connectivity index (χ1) is 9.67. The Morgan fingerprint density at radius 3 is 2.90 bits per heavy atom. The van der Waals surface area contributed by atoms with Crippen LogP contribution in [0, 0.1) is 5.41 Å². The molecule has 0 aromatic carbocycles. The molecule has 0 saturated heterocycles. The fraction of sp³-hybridized carbons (Fsp3) is 0.500. The number of esters is 1. The molecule has 1 N–H and O–H groups in total. The van der Waals surface area contributed by atoms with Gasteiger partial charge < -0.3 is 14.1 Å². The van der Waals surface area contributed by atoms with E-state index >= 15 is 0 Å². The third-order valence-electron chi connectivity index (χ3n) is 2.82. The number of carbonyl (C=O) groups excluding carboxylic acids is 1. The van der Waals surface area contributed by atoms with Crippen LogP contribution < -0.4 is 10.3 Å². The van der Waals surface area contributed by atoms with Crippen LogP contribution in [-0.2, 0) is 16.1 Å². The second-order valence-corrected chi connectivity index (χ2v) is 4.12. The van der Waals surface area contributed by atoms with Gasteiger partial charge in [0.2, 0.25) is 0 Å². The number of carbonyl (C=O) groups is 1. The van der Waals surface area contributed by atoms with Crippen molar-refractivity contribution < 1.29 is 14.4 Å². The molecule has 0 amide bonds. The zero-order chi connectivity index (χ0) is 14.5. The molecule has 8 heteroatoms. The molecule has 20 heavy (non-hydrogen) atoms. The maximum Gasteiger partial charge on any atom is 0.305 e. The van der Waals surface area contributed by atoms with E-state index in [1.54, 1.807) is 13.3 Å². The lowest BCUT2D eigenvalue weighted by molar-refractivity contribution is -0.143. The molecule has 0 unspecified atom stereocenters. The van der Waals surface area contributed by atoms with Crippen LogP contribution in [0.1, 0.15) is 19.8 Å². The van der Waals surface area contributed by atoms with Crippen LogP contribution in [0.2, 0.25) is 0 Å². The maximum absolute atomic E-state index is 11.3. The number of aromatic nitrogens is 4. The van der Waals surface area contributed by atoms with Crippen LogP contribution in [0.4, 0.5) is 0 Å². The topological polar surface area (TPSA) is 95.0 Å². The number of nitrogens with one attached hydrogen (secondary N) is 1. The standard InChI is InChI=1S/C12H17N5O3/c1-3-20-9(18)5-4-6-16-7-14-10-11(13)17(19-2)8-15-12(10)16/h7-8,13H,3-6H2,1-2H3. The van der Waals surface area contributed by atoms with E-state index in [1.165, 1.54) is 18.2 Å². The Morgan fingerprint density at radius 1 is 1.40 bits per heavy atom. The summed E-state index contributed by atoms with van der Waals surface area (Å²) in [6.07, 6.45) is 4.03. The fourth-order valence-electron chi connectivity index (χ4n) is 1.88. The molecule has 2 rings (SSSR count). The van der Waals surface area contributed by atoms with Gasteiger partial charge in [-0.15, -0.1) is 0 Å². The number of imidazole rings is 1. The summed E-state index contributed by atoms with van der Waals surface area (Å²) in [6, 6.07) is 0. The van der Waals surface area contributed by atoms with Crippen LogP contribution in [0.15, 0.2) is 12.7 Å². The summed E-state index contributed by atoms with van der Waals surface area (Å²) in [4.78, 5) is 24.6. The molecule has 0 aliphatic carbocycles. The van der Waals surface area contributed by atoms with Crippen molar-refractivity contribution >= 4 is 17.1 Å². The lowest BCUT2D eigenvalue weighted by atomic mass is 10.3. The van der Waals surface area contributed by atoms with E-state index in [0.717, 1.165) is 0 Å². The molecule has 0 aliphatic heterocycles. The lowest BCUT2D eigenvalue weighted by Gasteiger charge is -2.05. The Labute approximate surface area is 115 Å². The predicted molar refractivity (Wildman–Crippen MR) is 69.7 cm³/mol. The number of aryl methyl sites for hydroxylation is 1. The molecule has 108 valence electrons. The highest BCUT2D eigenvalue weighted by molar-refractivity contribution is 5.69. The quantitative estimate of drug-likeness (QED) is 0.757. The Kier molecular flexibility index (Phi) is 4.34. The van der Waals surface area contributed by atoms with Gasteiger partial charge >= 0.3 is 5.97 Å². The van der Waals surface area contributed by atoms with Crippen molar-refractivity contribution in [2.24, 2.45) is 0 Å². The van der Waals surface area contributed by atoms with Crippen molar-refractivity contribution in [1.29, 1.82) is 5.41 Å². The Bertz CT molecular complexity index is 661. The molecule has 0 fully saturated rings. The van der Waals surface area contributed by atoms with Crippen molar-refractivity contribution in [3.05, 3.63) is 18.1 Å². The van der Waals surface area contributed by atoms with E-state index in [1.807, 2.05) is 4.57 Å². The molecule has 8 nitrogen and oxygen atoms in total. The SMILES string of the molecule is CCOC(=O)CCCn1cnc2c(=N)n(OC)cnc21. The van der Waals surface area contributed by atoms with Crippen LogP contribution in [0.3, 0.4) is 0 Å². The smallest absolute Gasteiger partial charge is 0.305 e. The van der Waals surface area contributed by atoms with Crippen molar-refractivity contribution in [3.63, 3.8) is 0 Å². The zero-order valence-electron chi connectivity index (χ0n) is 11.5. The van der Waals surface area contributed by atoms with Gasteiger partial charge in [0, 0.05) is 13.0 Å². The largest absolute Gasteiger partial charge is 0.466 e. The molecule has 0 saturated carbocycles. The highest BCUT2D eigenvalue weighted by Gasteiger charge is 2.09. The van der Waals surface area contributed by atoms with E-state index in [0.29, 0.717) is 37.2 Å². The number of rotatable bonds is 6. The van der Waals surface area contributed by atoms with Gasteiger partial charge in [0.1, 0.15) is 13.4 Å². The van der Waals surface area contributed by atoms with Gasteiger partial charge in [-0.25, -0.2) is 9.97 Å². The molecular formula is C12H17N5O3. The summed E-state index contributed by atoms with van der Waals surface area (Å²) in [7, 11) is 1.46. The van der Waals surface area contributed by atoms with E-state index in [4.69, 9.17) is 15.0 Å². The monoisotopic (exact) mass is 279 g/mol. The summed E-state index contributed by atoms with van der Waals surface area (Å²) in [5.74, 6) is -0.205. The number of hydrogen-bond acceptors (Lipinski definition) is 6.